The van der Waals surface area contributed by atoms with Gasteiger partial charge in [-0.05, 0) is 48.5 Å². The summed E-state index contributed by atoms with van der Waals surface area (Å²) >= 11 is 0. The Balaban J connectivity index is 1.87. The van der Waals surface area contributed by atoms with Crippen molar-refractivity contribution in [1.29, 1.82) is 0 Å². The largest absolute Gasteiger partial charge is 0.393 e. The zero-order valence-electron chi connectivity index (χ0n) is 15.0. The van der Waals surface area contributed by atoms with E-state index in [1.807, 2.05) is 13.8 Å². The first kappa shape index (κ1) is 16.7. The molecule has 0 unspecified atom stereocenters. The molecule has 0 saturated heterocycles. The Kier molecular flexibility index (Phi) is 3.29. The fourth-order valence-corrected chi connectivity index (χ4v) is 7.41. The Labute approximate surface area is 144 Å². The molecule has 4 rings (SSSR count). The van der Waals surface area contributed by atoms with Crippen molar-refractivity contribution in [1.82, 2.24) is 0 Å². The second kappa shape index (κ2) is 4.72. The van der Waals surface area contributed by atoms with Gasteiger partial charge >= 0.3 is 0 Å². The van der Waals surface area contributed by atoms with E-state index in [1.165, 1.54) is 0 Å². The molecule has 4 nitrogen and oxygen atoms in total. The van der Waals surface area contributed by atoms with Crippen LogP contribution in [0, 0.1) is 34.0 Å². The second-order valence-electron chi connectivity index (χ2n) is 9.73. The van der Waals surface area contributed by atoms with Crippen LogP contribution in [0.4, 0.5) is 0 Å². The van der Waals surface area contributed by atoms with Crippen LogP contribution in [0.2, 0.25) is 0 Å². The number of carbonyl (C=O) groups excluding carboxylic acids is 1. The molecule has 4 heteroatoms. The fourth-order valence-electron chi connectivity index (χ4n) is 7.41. The quantitative estimate of drug-likeness (QED) is 0.593. The van der Waals surface area contributed by atoms with Crippen molar-refractivity contribution in [3.05, 3.63) is 12.2 Å². The summed E-state index contributed by atoms with van der Waals surface area (Å²) in [6, 6.07) is 0. The Morgan fingerprint density at radius 1 is 1.12 bits per heavy atom. The predicted octanol–water partition coefficient (Wildman–Crippen LogP) is 2.07. The minimum atomic E-state index is -0.752. The lowest BCUT2D eigenvalue weighted by Gasteiger charge is -2.65. The zero-order valence-corrected chi connectivity index (χ0v) is 15.0. The standard InChI is InChI=1S/C20H30O4/c1-10-11-7-12(21)16-19(4)6-5-14(22)18(2,3)13(19)8-15(23)20(16,9-11)17(10)24/h11-13,15-17,21,23-24H,1,5-9H2,2-4H3/t11-,12+,13-,15+,16+,17-,19-,20+/m1/s1. The molecule has 3 N–H and O–H groups in total. The molecular weight excluding hydrogens is 304 g/mol. The van der Waals surface area contributed by atoms with E-state index in [0.717, 1.165) is 12.0 Å². The normalized spacial score (nSPS) is 55.9. The van der Waals surface area contributed by atoms with Gasteiger partial charge in [0, 0.05) is 23.2 Å². The SMILES string of the molecule is C=C1[C@@H]2C[C@H](O)[C@H]3[C@]4(C)CCC(=O)C(C)(C)[C@H]4C[C@H](O)[C@]3(C2)[C@@H]1O. The van der Waals surface area contributed by atoms with Gasteiger partial charge in [-0.2, -0.15) is 0 Å². The Morgan fingerprint density at radius 2 is 1.79 bits per heavy atom. The molecule has 0 aromatic carbocycles. The third-order valence-electron chi connectivity index (χ3n) is 8.54. The highest BCUT2D eigenvalue weighted by atomic mass is 16.3. The number of aliphatic hydroxyl groups is 3. The molecule has 0 radical (unpaired) electrons. The van der Waals surface area contributed by atoms with Gasteiger partial charge in [-0.1, -0.05) is 27.4 Å². The smallest absolute Gasteiger partial charge is 0.138 e. The van der Waals surface area contributed by atoms with Crippen LogP contribution in [0.3, 0.4) is 0 Å². The van der Waals surface area contributed by atoms with Crippen LogP contribution in [-0.4, -0.2) is 39.4 Å². The Morgan fingerprint density at radius 3 is 2.46 bits per heavy atom. The maximum Gasteiger partial charge on any atom is 0.138 e. The third kappa shape index (κ3) is 1.68. The van der Waals surface area contributed by atoms with E-state index in [9.17, 15) is 20.1 Å². The van der Waals surface area contributed by atoms with E-state index in [1.54, 1.807) is 0 Å². The maximum atomic E-state index is 12.5. The highest BCUT2D eigenvalue weighted by Gasteiger charge is 2.72. The van der Waals surface area contributed by atoms with Gasteiger partial charge in [0.15, 0.2) is 0 Å². The number of rotatable bonds is 0. The number of carbonyl (C=O) groups is 1. The fraction of sp³-hybridized carbons (Fsp3) is 0.850. The average molecular weight is 334 g/mol. The van der Waals surface area contributed by atoms with Crippen molar-refractivity contribution in [2.45, 2.75) is 71.2 Å². The second-order valence-corrected chi connectivity index (χ2v) is 9.73. The van der Waals surface area contributed by atoms with E-state index in [2.05, 4.69) is 13.5 Å². The zero-order chi connectivity index (χ0) is 17.7. The summed E-state index contributed by atoms with van der Waals surface area (Å²) in [6.07, 6.45) is 1.11. The van der Waals surface area contributed by atoms with Gasteiger partial charge in [-0.15, -0.1) is 0 Å². The van der Waals surface area contributed by atoms with E-state index >= 15 is 0 Å². The van der Waals surface area contributed by atoms with Crippen molar-refractivity contribution in [2.24, 2.45) is 34.0 Å². The van der Waals surface area contributed by atoms with Crippen molar-refractivity contribution in [2.75, 3.05) is 0 Å². The van der Waals surface area contributed by atoms with Gasteiger partial charge in [0.2, 0.25) is 0 Å². The van der Waals surface area contributed by atoms with Crippen molar-refractivity contribution >= 4 is 5.78 Å². The molecule has 134 valence electrons. The summed E-state index contributed by atoms with van der Waals surface area (Å²) < 4.78 is 0. The van der Waals surface area contributed by atoms with Crippen LogP contribution in [0.1, 0.15) is 52.9 Å². The summed E-state index contributed by atoms with van der Waals surface area (Å²) in [7, 11) is 0. The maximum absolute atomic E-state index is 12.5. The third-order valence-corrected chi connectivity index (χ3v) is 8.54. The van der Waals surface area contributed by atoms with Crippen LogP contribution in [0.15, 0.2) is 12.2 Å². The minimum absolute atomic E-state index is 0.0316. The molecule has 4 fully saturated rings. The van der Waals surface area contributed by atoms with Gasteiger partial charge in [-0.25, -0.2) is 0 Å². The van der Waals surface area contributed by atoms with E-state index in [0.29, 0.717) is 25.7 Å². The summed E-state index contributed by atoms with van der Waals surface area (Å²) in [5.41, 5.74) is -0.649. The van der Waals surface area contributed by atoms with Crippen molar-refractivity contribution in [3.63, 3.8) is 0 Å². The van der Waals surface area contributed by atoms with Gasteiger partial charge in [0.1, 0.15) is 5.78 Å². The van der Waals surface area contributed by atoms with E-state index in [-0.39, 0.29) is 29.0 Å². The van der Waals surface area contributed by atoms with Gasteiger partial charge in [-0.3, -0.25) is 4.79 Å². The lowest BCUT2D eigenvalue weighted by Crippen LogP contribution is -2.67. The monoisotopic (exact) mass is 334 g/mol. The Hall–Kier alpha value is -0.710. The van der Waals surface area contributed by atoms with Gasteiger partial charge in [0.25, 0.3) is 0 Å². The lowest BCUT2D eigenvalue weighted by atomic mass is 9.39. The molecule has 4 saturated carbocycles. The van der Waals surface area contributed by atoms with E-state index < -0.39 is 29.1 Å². The number of fused-ring (bicyclic) bond motifs is 3. The molecule has 4 aliphatic rings. The molecule has 0 aromatic rings. The first-order valence-electron chi connectivity index (χ1n) is 9.33. The Bertz CT molecular complexity index is 611. The summed E-state index contributed by atoms with van der Waals surface area (Å²) in [6.45, 7) is 10.2. The van der Waals surface area contributed by atoms with Crippen molar-refractivity contribution < 1.29 is 20.1 Å². The predicted molar refractivity (Wildman–Crippen MR) is 90.0 cm³/mol. The molecular formula is C20H30O4. The average Bonchev–Trinajstić information content (AvgIpc) is 2.70. The van der Waals surface area contributed by atoms with Crippen molar-refractivity contribution in [3.8, 4) is 0 Å². The molecule has 24 heavy (non-hydrogen) atoms. The first-order chi connectivity index (χ1) is 11.1. The number of hydrogen-bond donors (Lipinski definition) is 3. The minimum Gasteiger partial charge on any atom is -0.393 e. The lowest BCUT2D eigenvalue weighted by molar-refractivity contribution is -0.242. The molecule has 2 bridgehead atoms. The first-order valence-corrected chi connectivity index (χ1v) is 9.33. The van der Waals surface area contributed by atoms with Crippen LogP contribution in [-0.2, 0) is 4.79 Å². The van der Waals surface area contributed by atoms with Crippen LogP contribution >= 0.6 is 0 Å². The molecule has 1 spiro atoms. The summed E-state index contributed by atoms with van der Waals surface area (Å²) in [5.74, 6) is 0.202. The highest BCUT2D eigenvalue weighted by molar-refractivity contribution is 5.85. The molecule has 4 aliphatic carbocycles. The molecule has 0 amide bonds. The topological polar surface area (TPSA) is 77.8 Å². The number of aliphatic hydroxyl groups excluding tert-OH is 3. The van der Waals surface area contributed by atoms with Crippen LogP contribution in [0.25, 0.3) is 0 Å². The van der Waals surface area contributed by atoms with Gasteiger partial charge < -0.3 is 15.3 Å². The molecule has 8 atom stereocenters. The van der Waals surface area contributed by atoms with Crippen LogP contribution in [0.5, 0.6) is 0 Å². The number of hydrogen-bond acceptors (Lipinski definition) is 4. The van der Waals surface area contributed by atoms with Gasteiger partial charge in [0.05, 0.1) is 18.3 Å². The summed E-state index contributed by atoms with van der Waals surface area (Å²) in [4.78, 5) is 12.5. The molecule has 0 aliphatic heterocycles. The van der Waals surface area contributed by atoms with E-state index in [4.69, 9.17) is 0 Å². The summed E-state index contributed by atoms with van der Waals surface area (Å²) in [5, 5.41) is 33.2. The number of ketones is 1. The highest BCUT2D eigenvalue weighted by Crippen LogP contribution is 2.71. The molecule has 0 aromatic heterocycles. The van der Waals surface area contributed by atoms with Crippen LogP contribution < -0.4 is 0 Å². The molecule has 0 heterocycles. The number of Topliss-reactive ketones (excluding diaryl/α,β-unsaturated/α-hetero) is 1.